The lowest BCUT2D eigenvalue weighted by atomic mass is 9.33. The van der Waals surface area contributed by atoms with Crippen LogP contribution in [0.25, 0.3) is 0 Å². The fraction of sp³-hybridized carbons (Fsp3) is 0.877. The zero-order valence-corrected chi connectivity index (χ0v) is 59.6. The highest BCUT2D eigenvalue weighted by Crippen LogP contribution is 2.76. The Labute approximate surface area is 577 Å². The number of rotatable bonds is 11. The molecular weight excluding hydrogens is 1280 g/mol. The monoisotopic (exact) mass is 1390 g/mol. The molecular formula is C73H118O25. The Balaban J connectivity index is 0.000000614. The van der Waals surface area contributed by atoms with E-state index in [4.69, 9.17) is 47.4 Å². The summed E-state index contributed by atoms with van der Waals surface area (Å²) in [5.41, 5.74) is 1.06. The first-order valence-electron chi connectivity index (χ1n) is 35.9. The van der Waals surface area contributed by atoms with Crippen molar-refractivity contribution in [2.45, 2.75) is 327 Å². The van der Waals surface area contributed by atoms with Crippen LogP contribution in [0.5, 0.6) is 0 Å². The third-order valence-corrected chi connectivity index (χ3v) is 25.7. The molecule has 14 N–H and O–H groups in total. The van der Waals surface area contributed by atoms with Gasteiger partial charge >= 0.3 is 5.97 Å². The predicted molar refractivity (Wildman–Crippen MR) is 351 cm³/mol. The lowest BCUT2D eigenvalue weighted by Gasteiger charge is -2.71. The van der Waals surface area contributed by atoms with E-state index >= 15 is 4.79 Å². The maximum absolute atomic E-state index is 15.4. The minimum absolute atomic E-state index is 0.129. The zero-order valence-electron chi connectivity index (χ0n) is 59.6. The van der Waals surface area contributed by atoms with Gasteiger partial charge in [0.05, 0.1) is 44.2 Å². The van der Waals surface area contributed by atoms with E-state index < -0.39 is 195 Å². The van der Waals surface area contributed by atoms with Crippen LogP contribution in [0.2, 0.25) is 0 Å². The van der Waals surface area contributed by atoms with Gasteiger partial charge in [0.2, 0.25) is 6.29 Å². The summed E-state index contributed by atoms with van der Waals surface area (Å²) in [4.78, 5) is 15.4. The predicted octanol–water partition coefficient (Wildman–Crippen LogP) is 3.13. The summed E-state index contributed by atoms with van der Waals surface area (Å²) >= 11 is 0. The Morgan fingerprint density at radius 1 is 0.561 bits per heavy atom. The SMILES string of the molecule is CC1=CCCC(C)=CCC(C)(C)C=CC1.CC1OC(OC2CCC3(C)C(CCC4(C)C3CC=C3C5CC(C)(C)CCC5(C(=O)OC5OCC(O)C(O)C5OC5OC(C)C(OC6OC(CO)C(O)C(O)C6O)C(O)C5O)C(O)CC34C)C2(C)C)C(O)C(O)C1OC1OCC(O)C(O)C1O. The molecule has 5 aliphatic heterocycles. The van der Waals surface area contributed by atoms with Gasteiger partial charge in [0.1, 0.15) is 97.0 Å². The minimum Gasteiger partial charge on any atom is -0.432 e. The second-order valence-electron chi connectivity index (χ2n) is 33.7. The summed E-state index contributed by atoms with van der Waals surface area (Å²) in [5, 5.41) is 152. The fourth-order valence-corrected chi connectivity index (χ4v) is 19.3. The van der Waals surface area contributed by atoms with Crippen LogP contribution < -0.4 is 0 Å². The zero-order chi connectivity index (χ0) is 71.9. The number of ether oxygens (including phenoxy) is 10. The first-order chi connectivity index (χ1) is 45.8. The van der Waals surface area contributed by atoms with Gasteiger partial charge in [-0.3, -0.25) is 4.79 Å². The van der Waals surface area contributed by atoms with E-state index in [1.807, 2.05) is 0 Å². The van der Waals surface area contributed by atoms with Gasteiger partial charge in [0, 0.05) is 0 Å². The van der Waals surface area contributed by atoms with Gasteiger partial charge in [-0.15, -0.1) is 0 Å². The Hall–Kier alpha value is -2.49. The van der Waals surface area contributed by atoms with Gasteiger partial charge in [0.15, 0.2) is 31.3 Å². The number of hydrogen-bond acceptors (Lipinski definition) is 25. The van der Waals surface area contributed by atoms with Crippen molar-refractivity contribution < 1.29 is 124 Å². The number of allylic oxidation sites excluding steroid dienone is 8. The molecule has 560 valence electrons. The van der Waals surface area contributed by atoms with Crippen molar-refractivity contribution in [3.05, 3.63) is 47.1 Å². The van der Waals surface area contributed by atoms with Crippen LogP contribution in [-0.4, -0.2) is 251 Å². The summed E-state index contributed by atoms with van der Waals surface area (Å²) in [6, 6.07) is 0. The van der Waals surface area contributed by atoms with Crippen molar-refractivity contribution in [2.75, 3.05) is 19.8 Å². The fourth-order valence-electron chi connectivity index (χ4n) is 19.3. The summed E-state index contributed by atoms with van der Waals surface area (Å²) in [5.74, 6) is -1.00. The third-order valence-electron chi connectivity index (χ3n) is 25.7. The van der Waals surface area contributed by atoms with E-state index in [0.29, 0.717) is 31.1 Å². The van der Waals surface area contributed by atoms with Crippen LogP contribution in [0.15, 0.2) is 47.1 Å². The van der Waals surface area contributed by atoms with E-state index in [2.05, 4.69) is 107 Å². The highest BCUT2D eigenvalue weighted by Gasteiger charge is 2.72. The van der Waals surface area contributed by atoms with E-state index in [1.54, 1.807) is 6.92 Å². The molecule has 0 radical (unpaired) electrons. The summed E-state index contributed by atoms with van der Waals surface area (Å²) in [6.45, 7) is 26.3. The molecule has 0 amide bonds. The van der Waals surface area contributed by atoms with E-state index in [1.165, 1.54) is 30.9 Å². The van der Waals surface area contributed by atoms with Crippen LogP contribution in [-0.2, 0) is 52.2 Å². The topological polar surface area (TPSA) is 393 Å². The normalized spacial score (nSPS) is 50.2. The number of aliphatic hydroxyl groups excluding tert-OH is 14. The van der Waals surface area contributed by atoms with E-state index in [-0.39, 0.29) is 47.5 Å². The molecule has 6 aliphatic carbocycles. The largest absolute Gasteiger partial charge is 0.432 e. The molecule has 32 unspecified atom stereocenters. The highest BCUT2D eigenvalue weighted by atomic mass is 16.8. The van der Waals surface area contributed by atoms with Crippen LogP contribution in [0.3, 0.4) is 0 Å². The van der Waals surface area contributed by atoms with Gasteiger partial charge in [-0.1, -0.05) is 109 Å². The first kappa shape index (κ1) is 78.1. The number of fused-ring (bicyclic) bond motifs is 7. The standard InChI is InChI=1S/C58H94O25.C15H24/c1-23-44(80-47-40(69)34(63)27(60)21-74-47)38(67)42(71)48(76-23)79-33-13-14-55(7)30(54(33,5)6)12-15-56(8)31(55)11-10-25-26-18-53(3,4)16-17-58(26,32(62)19-57(25,56)9)52(73)83-51-46(35(64)28(61)22-75-51)82-49-43(72)39(68)45(24(2)77-49)81-50-41(70)37(66)36(65)29(20-59)78-50;1-13-7-5-8-14(2)10-12-15(3,4)11-6-9-13/h10,23-24,26-51,59-72H,11-22H2,1-9H3;6-7,10-11H,5,8-9,12H2,1-4H3. The Bertz CT molecular complexity index is 2860. The molecule has 25 heteroatoms. The molecule has 25 nitrogen and oxygen atoms in total. The third kappa shape index (κ3) is 14.7. The van der Waals surface area contributed by atoms with Crippen LogP contribution in [0, 0.1) is 55.7 Å². The van der Waals surface area contributed by atoms with Gasteiger partial charge in [-0.25, -0.2) is 0 Å². The van der Waals surface area contributed by atoms with Gasteiger partial charge < -0.3 is 119 Å². The van der Waals surface area contributed by atoms with Crippen LogP contribution >= 0.6 is 0 Å². The second-order valence-corrected chi connectivity index (χ2v) is 33.7. The average Bonchev–Trinajstić information content (AvgIpc) is 0.673. The number of hydrogen-bond donors (Lipinski definition) is 14. The quantitative estimate of drug-likeness (QED) is 0.0802. The molecule has 0 spiro atoms. The molecule has 0 aromatic rings. The van der Waals surface area contributed by atoms with Gasteiger partial charge in [0.25, 0.3) is 0 Å². The maximum Gasteiger partial charge on any atom is 0.317 e. The molecule has 5 heterocycles. The molecule has 0 aromatic carbocycles. The first-order valence-corrected chi connectivity index (χ1v) is 35.9. The van der Waals surface area contributed by atoms with Crippen molar-refractivity contribution in [2.24, 2.45) is 55.7 Å². The minimum atomic E-state index is -1.93. The highest BCUT2D eigenvalue weighted by molar-refractivity contribution is 5.80. The second kappa shape index (κ2) is 29.8. The number of carbonyl (C=O) groups excluding carboxylic acids is 1. The summed E-state index contributed by atoms with van der Waals surface area (Å²) in [6.07, 6.45) is -15.1. The number of esters is 1. The Morgan fingerprint density at radius 2 is 1.13 bits per heavy atom. The summed E-state index contributed by atoms with van der Waals surface area (Å²) < 4.78 is 59.6. The number of carbonyl (C=O) groups is 1. The van der Waals surface area contributed by atoms with Gasteiger partial charge in [-0.2, -0.15) is 0 Å². The molecule has 0 bridgehead atoms. The van der Waals surface area contributed by atoms with Crippen molar-refractivity contribution in [1.29, 1.82) is 0 Å². The van der Waals surface area contributed by atoms with Crippen molar-refractivity contribution >= 4 is 5.97 Å². The lowest BCUT2D eigenvalue weighted by molar-refractivity contribution is -0.374. The van der Waals surface area contributed by atoms with E-state index in [9.17, 15) is 71.5 Å². The molecule has 4 saturated carbocycles. The number of aliphatic hydroxyl groups is 14. The summed E-state index contributed by atoms with van der Waals surface area (Å²) in [7, 11) is 0. The molecule has 98 heavy (non-hydrogen) atoms. The van der Waals surface area contributed by atoms with Crippen LogP contribution in [0.4, 0.5) is 0 Å². The molecule has 9 fully saturated rings. The molecule has 0 aromatic heterocycles. The molecule has 5 saturated heterocycles. The van der Waals surface area contributed by atoms with Crippen molar-refractivity contribution in [1.82, 2.24) is 0 Å². The maximum atomic E-state index is 15.4. The van der Waals surface area contributed by atoms with Crippen LogP contribution in [0.1, 0.15) is 173 Å². The molecule has 32 atom stereocenters. The molecule has 11 aliphatic rings. The van der Waals surface area contributed by atoms with Gasteiger partial charge in [-0.05, 0) is 161 Å². The Morgan fingerprint density at radius 3 is 1.78 bits per heavy atom. The molecule has 11 rings (SSSR count). The average molecular weight is 1400 g/mol. The smallest absolute Gasteiger partial charge is 0.317 e. The Kier molecular flexibility index (Phi) is 23.8. The lowest BCUT2D eigenvalue weighted by Crippen LogP contribution is -2.68. The van der Waals surface area contributed by atoms with Crippen molar-refractivity contribution in [3.8, 4) is 0 Å². The van der Waals surface area contributed by atoms with Crippen molar-refractivity contribution in [3.63, 3.8) is 0 Å². The van der Waals surface area contributed by atoms with E-state index in [0.717, 1.165) is 37.7 Å².